The Kier molecular flexibility index (Phi) is 7.16. The van der Waals surface area contributed by atoms with E-state index in [1.54, 1.807) is 18.5 Å². The first-order chi connectivity index (χ1) is 12.1. The predicted molar refractivity (Wildman–Crippen MR) is 104 cm³/mol. The lowest BCUT2D eigenvalue weighted by Gasteiger charge is -2.05. The zero-order chi connectivity index (χ0) is 18.2. The van der Waals surface area contributed by atoms with Gasteiger partial charge in [-0.15, -0.1) is 11.3 Å². The number of carbonyl (C=O) groups is 1. The van der Waals surface area contributed by atoms with Crippen molar-refractivity contribution in [1.82, 2.24) is 0 Å². The Labute approximate surface area is 152 Å². The molecule has 3 N–H and O–H groups in total. The molecule has 6 heteroatoms. The Hall–Kier alpha value is -2.18. The Balaban J connectivity index is 2.04. The number of thiophene rings is 1. The highest BCUT2D eigenvalue weighted by Gasteiger charge is 2.09. The van der Waals surface area contributed by atoms with E-state index in [-0.39, 0.29) is 11.9 Å². The van der Waals surface area contributed by atoms with Gasteiger partial charge in [0.15, 0.2) is 6.29 Å². The summed E-state index contributed by atoms with van der Waals surface area (Å²) in [6.45, 7) is 3.93. The summed E-state index contributed by atoms with van der Waals surface area (Å²) >= 11 is 1.41. The minimum atomic E-state index is -0.308. The average Bonchev–Trinajstić information content (AvgIpc) is 3.03. The van der Waals surface area contributed by atoms with Crippen molar-refractivity contribution in [3.05, 3.63) is 39.6 Å². The number of aliphatic hydroxyl groups excluding tert-OH is 1. The molecule has 0 radical (unpaired) electrons. The van der Waals surface area contributed by atoms with E-state index in [0.29, 0.717) is 17.0 Å². The van der Waals surface area contributed by atoms with Crippen LogP contribution in [0.25, 0.3) is 0 Å². The van der Waals surface area contributed by atoms with Crippen LogP contribution in [0.5, 0.6) is 5.75 Å². The molecule has 1 atom stereocenters. The van der Waals surface area contributed by atoms with E-state index in [1.165, 1.54) is 11.3 Å². The number of aromatic hydroxyl groups is 1. The number of hydrogen-bond acceptors (Lipinski definition) is 5. The number of aliphatic hydroxyl groups is 1. The quantitative estimate of drug-likeness (QED) is 0.269. The van der Waals surface area contributed by atoms with Crippen molar-refractivity contribution in [3.8, 4) is 5.75 Å². The lowest BCUT2D eigenvalue weighted by atomic mass is 10.1. The molecule has 0 amide bonds. The fourth-order valence-electron chi connectivity index (χ4n) is 2.40. The van der Waals surface area contributed by atoms with E-state index in [2.05, 4.69) is 10.3 Å². The van der Waals surface area contributed by atoms with Gasteiger partial charge >= 0.3 is 0 Å². The molecule has 0 saturated heterocycles. The summed E-state index contributed by atoms with van der Waals surface area (Å²) in [7, 11) is 0. The predicted octanol–water partition coefficient (Wildman–Crippen LogP) is 4.30. The van der Waals surface area contributed by atoms with Crippen LogP contribution in [-0.2, 0) is 12.8 Å². The molecule has 0 saturated carbocycles. The van der Waals surface area contributed by atoms with E-state index in [9.17, 15) is 15.0 Å². The summed E-state index contributed by atoms with van der Waals surface area (Å²) in [5, 5.41) is 22.4. The number of phenolic OH excluding ortho intramolecular Hbond substituents is 1. The first kappa shape index (κ1) is 19.1. The Morgan fingerprint density at radius 1 is 1.32 bits per heavy atom. The smallest absolute Gasteiger partial charge is 0.162 e. The molecule has 0 aliphatic carbocycles. The molecule has 134 valence electrons. The van der Waals surface area contributed by atoms with Gasteiger partial charge in [-0.2, -0.15) is 0 Å². The molecule has 0 bridgehead atoms. The van der Waals surface area contributed by atoms with Gasteiger partial charge in [-0.25, -0.2) is 4.99 Å². The van der Waals surface area contributed by atoms with Crippen LogP contribution in [0.2, 0.25) is 0 Å². The Morgan fingerprint density at radius 2 is 2.12 bits per heavy atom. The largest absolute Gasteiger partial charge is 0.508 e. The fourth-order valence-corrected chi connectivity index (χ4v) is 3.34. The van der Waals surface area contributed by atoms with Crippen molar-refractivity contribution in [2.24, 2.45) is 4.99 Å². The minimum absolute atomic E-state index is 0.282. The molecule has 2 rings (SSSR count). The molecule has 25 heavy (non-hydrogen) atoms. The molecule has 2 aromatic rings. The third kappa shape index (κ3) is 5.41. The minimum Gasteiger partial charge on any atom is -0.508 e. The zero-order valence-electron chi connectivity index (χ0n) is 14.5. The molecule has 0 aliphatic heterocycles. The molecule has 1 unspecified atom stereocenters. The number of hydrogen-bond donors (Lipinski definition) is 3. The molecular weight excluding hydrogens is 336 g/mol. The highest BCUT2D eigenvalue weighted by Crippen LogP contribution is 2.29. The van der Waals surface area contributed by atoms with Gasteiger partial charge in [-0.05, 0) is 55.5 Å². The van der Waals surface area contributed by atoms with E-state index in [1.807, 2.05) is 26.0 Å². The van der Waals surface area contributed by atoms with E-state index in [4.69, 9.17) is 0 Å². The number of benzene rings is 1. The lowest BCUT2D eigenvalue weighted by molar-refractivity contribution is 0.112. The Bertz CT molecular complexity index is 740. The summed E-state index contributed by atoms with van der Waals surface area (Å²) < 4.78 is 0. The highest BCUT2D eigenvalue weighted by molar-refractivity contribution is 7.14. The second-order valence-corrected chi connectivity index (χ2v) is 6.95. The van der Waals surface area contributed by atoms with Gasteiger partial charge in [0.25, 0.3) is 0 Å². The number of carbonyl (C=O) groups excluding carboxylic acids is 1. The van der Waals surface area contributed by atoms with E-state index >= 15 is 0 Å². The number of aryl methyl sites for hydroxylation is 2. The van der Waals surface area contributed by atoms with Crippen LogP contribution in [0.1, 0.15) is 46.8 Å². The Morgan fingerprint density at radius 3 is 2.80 bits per heavy atom. The fraction of sp³-hybridized carbons (Fsp3) is 0.368. The summed E-state index contributed by atoms with van der Waals surface area (Å²) in [5.41, 5.74) is 2.31. The molecular formula is C19H24N2O3S. The molecule has 5 nitrogen and oxygen atoms in total. The van der Waals surface area contributed by atoms with Gasteiger partial charge in [0.1, 0.15) is 5.75 Å². The maximum Gasteiger partial charge on any atom is 0.162 e. The molecule has 1 heterocycles. The van der Waals surface area contributed by atoms with Crippen LogP contribution in [0.3, 0.4) is 0 Å². The second-order valence-electron chi connectivity index (χ2n) is 5.78. The number of aliphatic imine (C=N–C) groups is 1. The van der Waals surface area contributed by atoms with Gasteiger partial charge in [0.05, 0.1) is 23.0 Å². The maximum absolute atomic E-state index is 11.2. The van der Waals surface area contributed by atoms with Gasteiger partial charge in [0.2, 0.25) is 0 Å². The summed E-state index contributed by atoms with van der Waals surface area (Å²) in [5.74, 6) is 0.282. The number of nitrogens with one attached hydrogen (secondary N) is 1. The third-order valence-corrected chi connectivity index (χ3v) is 5.10. The van der Waals surface area contributed by atoms with Crippen molar-refractivity contribution >= 4 is 35.3 Å². The number of nitrogens with zero attached hydrogens (tertiary/aromatic N) is 1. The van der Waals surface area contributed by atoms with Crippen molar-refractivity contribution in [1.29, 1.82) is 0 Å². The SMILES string of the molecule is CCc1cc(NC=Nc2cc(CCC(O)CC)sc2C=O)ccc1O. The maximum atomic E-state index is 11.2. The molecule has 0 spiro atoms. The highest BCUT2D eigenvalue weighted by atomic mass is 32.1. The topological polar surface area (TPSA) is 81.9 Å². The van der Waals surface area contributed by atoms with Gasteiger partial charge in [0, 0.05) is 10.6 Å². The van der Waals surface area contributed by atoms with Crippen molar-refractivity contribution in [2.75, 3.05) is 5.32 Å². The summed E-state index contributed by atoms with van der Waals surface area (Å²) in [6, 6.07) is 7.18. The van der Waals surface area contributed by atoms with Crippen molar-refractivity contribution < 1.29 is 15.0 Å². The number of aldehydes is 1. The number of anilines is 1. The normalized spacial score (nSPS) is 12.4. The van der Waals surface area contributed by atoms with Crippen LogP contribution in [0.15, 0.2) is 29.3 Å². The first-order valence-corrected chi connectivity index (χ1v) is 9.25. The van der Waals surface area contributed by atoms with E-state index < -0.39 is 0 Å². The van der Waals surface area contributed by atoms with E-state index in [0.717, 1.165) is 41.7 Å². The van der Waals surface area contributed by atoms with Crippen molar-refractivity contribution in [3.63, 3.8) is 0 Å². The molecule has 1 aromatic carbocycles. The lowest BCUT2D eigenvalue weighted by Crippen LogP contribution is -2.04. The third-order valence-electron chi connectivity index (χ3n) is 3.99. The van der Waals surface area contributed by atoms with Crippen LogP contribution < -0.4 is 5.32 Å². The van der Waals surface area contributed by atoms with Gasteiger partial charge < -0.3 is 15.5 Å². The molecule has 0 fully saturated rings. The summed E-state index contributed by atoms with van der Waals surface area (Å²) in [4.78, 5) is 17.2. The summed E-state index contributed by atoms with van der Waals surface area (Å²) in [6.07, 6.45) is 4.94. The molecule has 1 aromatic heterocycles. The van der Waals surface area contributed by atoms with Crippen molar-refractivity contribution in [2.45, 2.75) is 45.6 Å². The zero-order valence-corrected chi connectivity index (χ0v) is 15.3. The first-order valence-electron chi connectivity index (χ1n) is 8.44. The second kappa shape index (κ2) is 9.34. The average molecular weight is 360 g/mol. The van der Waals surface area contributed by atoms with Gasteiger partial charge in [-0.3, -0.25) is 4.79 Å². The van der Waals surface area contributed by atoms with Crippen LogP contribution in [0, 0.1) is 0 Å². The van der Waals surface area contributed by atoms with Crippen LogP contribution in [-0.4, -0.2) is 28.9 Å². The number of rotatable bonds is 9. The standard InChI is InChI=1S/C19H24N2O3S/c1-3-13-9-14(5-8-18(13)24)20-12-21-17-10-16(25-19(17)11-22)7-6-15(23)4-2/h5,8-12,15,23-24H,3-4,6-7H2,1-2H3,(H,20,21). The van der Waals surface area contributed by atoms with Crippen LogP contribution >= 0.6 is 11.3 Å². The number of phenols is 1. The van der Waals surface area contributed by atoms with Gasteiger partial charge in [-0.1, -0.05) is 13.8 Å². The molecule has 0 aliphatic rings. The van der Waals surface area contributed by atoms with Crippen LogP contribution in [0.4, 0.5) is 11.4 Å². The monoisotopic (exact) mass is 360 g/mol.